The molecular weight excluding hydrogens is 627 g/mol. The molecule has 1 aromatic heterocycles. The number of halogens is 1. The lowest BCUT2D eigenvalue weighted by Crippen LogP contribution is -2.52. The zero-order chi connectivity index (χ0) is 27.4. The topological polar surface area (TPSA) is 66.0 Å². The van der Waals surface area contributed by atoms with Crippen molar-refractivity contribution in [3.63, 3.8) is 0 Å². The lowest BCUT2D eigenvalue weighted by atomic mass is 10.0. The van der Waals surface area contributed by atoms with Gasteiger partial charge in [-0.2, -0.15) is 9.97 Å². The zero-order valence-corrected chi connectivity index (χ0v) is 25.8. The van der Waals surface area contributed by atoms with Gasteiger partial charge in [0.15, 0.2) is 0 Å². The van der Waals surface area contributed by atoms with Crippen LogP contribution >= 0.6 is 22.6 Å². The maximum Gasteiger partial charge on any atom is 0.318 e. The molecule has 1 saturated carbocycles. The first kappa shape index (κ1) is 26.4. The highest BCUT2D eigenvalue weighted by Crippen LogP contribution is 2.47. The molecule has 216 valence electrons. The molecule has 9 heteroatoms. The maximum atomic E-state index is 6.53. The molecular formula is C32H39IN6O2. The predicted molar refractivity (Wildman–Crippen MR) is 170 cm³/mol. The molecule has 8 rings (SSSR count). The van der Waals surface area contributed by atoms with E-state index in [1.807, 2.05) is 0 Å². The Hall–Kier alpha value is -2.21. The fraction of sp³-hybridized carbons (Fsp3) is 0.562. The summed E-state index contributed by atoms with van der Waals surface area (Å²) in [5, 5.41) is 6.41. The van der Waals surface area contributed by atoms with E-state index in [0.717, 1.165) is 77.0 Å². The molecule has 5 heterocycles. The van der Waals surface area contributed by atoms with Gasteiger partial charge in [-0.05, 0) is 72.2 Å². The predicted octanol–water partition coefficient (Wildman–Crippen LogP) is 4.23. The number of anilines is 2. The Bertz CT molecular complexity index is 1420. The van der Waals surface area contributed by atoms with Crippen molar-refractivity contribution in [3.05, 3.63) is 51.2 Å². The normalized spacial score (nSPS) is 25.4. The Morgan fingerprint density at radius 3 is 2.54 bits per heavy atom. The van der Waals surface area contributed by atoms with Crippen molar-refractivity contribution in [1.29, 1.82) is 0 Å². The molecule has 5 aliphatic rings. The van der Waals surface area contributed by atoms with Crippen molar-refractivity contribution in [2.24, 2.45) is 5.41 Å². The van der Waals surface area contributed by atoms with Gasteiger partial charge >= 0.3 is 6.01 Å². The Morgan fingerprint density at radius 1 is 0.976 bits per heavy atom. The van der Waals surface area contributed by atoms with Crippen LogP contribution in [0.2, 0.25) is 0 Å². The van der Waals surface area contributed by atoms with Crippen molar-refractivity contribution >= 4 is 44.9 Å². The van der Waals surface area contributed by atoms with E-state index in [-0.39, 0.29) is 5.41 Å². The second kappa shape index (κ2) is 10.8. The van der Waals surface area contributed by atoms with E-state index < -0.39 is 0 Å². The van der Waals surface area contributed by atoms with Crippen LogP contribution in [0, 0.1) is 8.99 Å². The summed E-state index contributed by atoms with van der Waals surface area (Å²) < 4.78 is 13.4. The summed E-state index contributed by atoms with van der Waals surface area (Å²) in [6.07, 6.45) is 5.91. The smallest absolute Gasteiger partial charge is 0.318 e. The summed E-state index contributed by atoms with van der Waals surface area (Å²) in [5.41, 5.74) is 3.97. The number of morpholine rings is 1. The third kappa shape index (κ3) is 5.28. The lowest BCUT2D eigenvalue weighted by molar-refractivity contribution is 0.0231. The summed E-state index contributed by atoms with van der Waals surface area (Å²) in [6, 6.07) is 14.9. The fourth-order valence-corrected chi connectivity index (χ4v) is 8.20. The Labute approximate surface area is 255 Å². The number of piperazine rings is 1. The van der Waals surface area contributed by atoms with Crippen LogP contribution < -0.4 is 19.9 Å². The van der Waals surface area contributed by atoms with Crippen molar-refractivity contribution in [3.8, 4) is 6.01 Å². The summed E-state index contributed by atoms with van der Waals surface area (Å²) in [4.78, 5) is 17.9. The number of hydrogen-bond acceptors (Lipinski definition) is 8. The van der Waals surface area contributed by atoms with E-state index in [9.17, 15) is 0 Å². The van der Waals surface area contributed by atoms with Gasteiger partial charge in [0, 0.05) is 77.0 Å². The van der Waals surface area contributed by atoms with Gasteiger partial charge in [-0.15, -0.1) is 0 Å². The largest absolute Gasteiger partial charge is 0.463 e. The number of ether oxygens (including phenoxy) is 2. The maximum absolute atomic E-state index is 6.53. The average Bonchev–Trinajstić information content (AvgIpc) is 3.69. The Kier molecular flexibility index (Phi) is 6.97. The second-order valence-corrected chi connectivity index (χ2v) is 13.9. The van der Waals surface area contributed by atoms with Crippen LogP contribution in [0.25, 0.3) is 10.8 Å². The highest BCUT2D eigenvalue weighted by Gasteiger charge is 2.45. The van der Waals surface area contributed by atoms with E-state index in [2.05, 4.69) is 79.0 Å². The summed E-state index contributed by atoms with van der Waals surface area (Å²) in [5.74, 6) is 1.12. The van der Waals surface area contributed by atoms with Gasteiger partial charge in [-0.25, -0.2) is 0 Å². The fourth-order valence-electron chi connectivity index (χ4n) is 7.41. The first-order chi connectivity index (χ1) is 20.1. The van der Waals surface area contributed by atoms with Gasteiger partial charge in [0.05, 0.1) is 32.1 Å². The first-order valence-corrected chi connectivity index (χ1v) is 16.5. The molecule has 2 atom stereocenters. The van der Waals surface area contributed by atoms with Gasteiger partial charge in [0.25, 0.3) is 0 Å². The second-order valence-electron chi connectivity index (χ2n) is 12.8. The minimum Gasteiger partial charge on any atom is -0.463 e. The number of hydrogen-bond donors (Lipinski definition) is 1. The van der Waals surface area contributed by atoms with E-state index in [1.165, 1.54) is 51.3 Å². The summed E-state index contributed by atoms with van der Waals surface area (Å²) in [6.45, 7) is 9.30. The number of nitrogens with one attached hydrogen (secondary N) is 1. The van der Waals surface area contributed by atoms with Crippen molar-refractivity contribution < 1.29 is 9.47 Å². The molecule has 3 saturated heterocycles. The molecule has 8 nitrogen and oxygen atoms in total. The SMILES string of the molecule is Ic1cccc2cccc(N3CCc4c(nc(OCC5(CN6CCOCC6)CC5)nc4N4CC5CCC(C4)N5)C3)c12. The monoisotopic (exact) mass is 666 g/mol. The van der Waals surface area contributed by atoms with Crippen LogP contribution in [0.3, 0.4) is 0 Å². The molecule has 3 aromatic rings. The third-order valence-electron chi connectivity index (χ3n) is 9.84. The number of rotatable bonds is 7. The zero-order valence-electron chi connectivity index (χ0n) is 23.7. The molecule has 2 unspecified atom stereocenters. The third-order valence-corrected chi connectivity index (χ3v) is 10.7. The van der Waals surface area contributed by atoms with Crippen molar-refractivity contribution in [2.75, 3.05) is 68.9 Å². The molecule has 1 aliphatic carbocycles. The minimum atomic E-state index is 0.233. The van der Waals surface area contributed by atoms with Crippen molar-refractivity contribution in [1.82, 2.24) is 20.2 Å². The van der Waals surface area contributed by atoms with Crippen LogP contribution in [-0.2, 0) is 17.7 Å². The highest BCUT2D eigenvalue weighted by atomic mass is 127. The van der Waals surface area contributed by atoms with Crippen LogP contribution in [-0.4, -0.2) is 86.0 Å². The molecule has 4 fully saturated rings. The van der Waals surface area contributed by atoms with Crippen LogP contribution in [0.1, 0.15) is 36.9 Å². The minimum absolute atomic E-state index is 0.233. The van der Waals surface area contributed by atoms with E-state index >= 15 is 0 Å². The van der Waals surface area contributed by atoms with Crippen LogP contribution in [0.4, 0.5) is 11.5 Å². The van der Waals surface area contributed by atoms with Crippen LogP contribution in [0.15, 0.2) is 36.4 Å². The molecule has 41 heavy (non-hydrogen) atoms. The number of fused-ring (bicyclic) bond motifs is 4. The van der Waals surface area contributed by atoms with Gasteiger partial charge in [0.1, 0.15) is 5.82 Å². The molecule has 0 amide bonds. The molecule has 2 bridgehead atoms. The summed E-state index contributed by atoms with van der Waals surface area (Å²) >= 11 is 2.48. The molecule has 1 N–H and O–H groups in total. The van der Waals surface area contributed by atoms with Crippen molar-refractivity contribution in [2.45, 2.75) is 50.7 Å². The van der Waals surface area contributed by atoms with E-state index in [1.54, 1.807) is 0 Å². The standard InChI is InChI=1S/C32H39IN6O2/c33-26-5-1-3-22-4-2-6-28(29(22)26)38-12-9-25-27(19-38)35-31(36-30(25)39-17-23-7-8-24(18-39)34-23)41-21-32(10-11-32)20-37-13-15-40-16-14-37/h1-6,23-24,34H,7-21H2. The van der Waals surface area contributed by atoms with Crippen LogP contribution in [0.5, 0.6) is 6.01 Å². The first-order valence-electron chi connectivity index (χ1n) is 15.4. The van der Waals surface area contributed by atoms with Gasteiger partial charge in [-0.1, -0.05) is 24.3 Å². The quantitative estimate of drug-likeness (QED) is 0.377. The van der Waals surface area contributed by atoms with E-state index in [4.69, 9.17) is 19.4 Å². The molecule has 0 spiro atoms. The molecule has 0 radical (unpaired) electrons. The Morgan fingerprint density at radius 2 is 1.76 bits per heavy atom. The lowest BCUT2D eigenvalue weighted by Gasteiger charge is -2.37. The number of nitrogens with zero attached hydrogens (tertiary/aromatic N) is 5. The van der Waals surface area contributed by atoms with Gasteiger partial charge < -0.3 is 24.6 Å². The van der Waals surface area contributed by atoms with Gasteiger partial charge in [-0.3, -0.25) is 4.90 Å². The van der Waals surface area contributed by atoms with Gasteiger partial charge in [0.2, 0.25) is 0 Å². The Balaban J connectivity index is 1.09. The van der Waals surface area contributed by atoms with E-state index in [0.29, 0.717) is 24.7 Å². The average molecular weight is 667 g/mol. The number of aromatic nitrogens is 2. The molecule has 2 aromatic carbocycles. The summed E-state index contributed by atoms with van der Waals surface area (Å²) in [7, 11) is 0. The number of benzene rings is 2. The highest BCUT2D eigenvalue weighted by molar-refractivity contribution is 14.1. The molecule has 4 aliphatic heterocycles.